The molecule has 2 aliphatic heterocycles. The van der Waals surface area contributed by atoms with E-state index < -0.39 is 11.7 Å². The van der Waals surface area contributed by atoms with Gasteiger partial charge in [0.15, 0.2) is 0 Å². The molecule has 1 atom stereocenters. The van der Waals surface area contributed by atoms with Gasteiger partial charge in [-0.1, -0.05) is 12.1 Å². The molecular formula is C30H29BrFN5O3. The van der Waals surface area contributed by atoms with Crippen LogP contribution in [0.1, 0.15) is 60.6 Å². The lowest BCUT2D eigenvalue weighted by Gasteiger charge is -2.37. The molecule has 1 saturated heterocycles. The Balaban J connectivity index is 1.10. The van der Waals surface area contributed by atoms with Crippen molar-refractivity contribution in [3.05, 3.63) is 73.9 Å². The first kappa shape index (κ1) is 25.4. The average molecular weight is 606 g/mol. The summed E-state index contributed by atoms with van der Waals surface area (Å²) in [4.78, 5) is 46.5. The Labute approximate surface area is 238 Å². The van der Waals surface area contributed by atoms with E-state index in [0.717, 1.165) is 45.9 Å². The quantitative estimate of drug-likeness (QED) is 0.336. The van der Waals surface area contributed by atoms with Gasteiger partial charge in [-0.05, 0) is 82.8 Å². The Kier molecular flexibility index (Phi) is 6.25. The minimum absolute atomic E-state index is 0.0168. The van der Waals surface area contributed by atoms with Crippen molar-refractivity contribution in [2.45, 2.75) is 50.5 Å². The topological polar surface area (TPSA) is 102 Å². The van der Waals surface area contributed by atoms with E-state index in [4.69, 9.17) is 0 Å². The number of benzene rings is 2. The van der Waals surface area contributed by atoms with Gasteiger partial charge in [0.25, 0.3) is 5.56 Å². The van der Waals surface area contributed by atoms with Crippen LogP contribution in [0.15, 0.2) is 45.8 Å². The number of likely N-dealkylation sites (tertiary alicyclic amines) is 1. The Morgan fingerprint density at radius 2 is 1.88 bits per heavy atom. The van der Waals surface area contributed by atoms with E-state index in [-0.39, 0.29) is 35.2 Å². The van der Waals surface area contributed by atoms with Crippen molar-refractivity contribution in [2.75, 3.05) is 19.6 Å². The van der Waals surface area contributed by atoms with E-state index in [1.165, 1.54) is 6.07 Å². The molecule has 2 aromatic carbocycles. The molecule has 8 nitrogen and oxygen atoms in total. The Morgan fingerprint density at radius 3 is 2.65 bits per heavy atom. The van der Waals surface area contributed by atoms with E-state index in [1.807, 2.05) is 15.9 Å². The number of fused-ring (bicyclic) bond motifs is 4. The maximum Gasteiger partial charge on any atom is 0.251 e. The molecule has 2 amide bonds. The number of rotatable bonds is 5. The van der Waals surface area contributed by atoms with Crippen LogP contribution < -0.4 is 5.56 Å². The number of aromatic nitrogens is 3. The Morgan fingerprint density at radius 1 is 1.07 bits per heavy atom. The summed E-state index contributed by atoms with van der Waals surface area (Å²) < 4.78 is 15.0. The van der Waals surface area contributed by atoms with Gasteiger partial charge in [0.1, 0.15) is 5.82 Å². The molecule has 4 aromatic rings. The molecule has 206 valence electrons. The van der Waals surface area contributed by atoms with Gasteiger partial charge in [-0.2, -0.15) is 5.10 Å². The molecule has 3 aliphatic rings. The van der Waals surface area contributed by atoms with Crippen molar-refractivity contribution in [1.82, 2.24) is 25.0 Å². The molecule has 0 bridgehead atoms. The molecule has 10 heteroatoms. The standard InChI is InChI=1S/C30H29BrFN5O3/c31-24-11-20-21(30(40)37(14-16-4-5-16)15-23(20)22-13-33-35-28(22)24)12-26(38)36-8-6-17(7-9-36)19-10-18-2-1-3-25(32)27(18)34-29(19)39/h1-3,10-11,13,16-17,21H,4-9,12,14-15H2,(H,33,35)(H,34,39). The summed E-state index contributed by atoms with van der Waals surface area (Å²) in [6, 6.07) is 8.51. The van der Waals surface area contributed by atoms with Gasteiger partial charge in [-0.3, -0.25) is 19.5 Å². The molecular weight excluding hydrogens is 577 g/mol. The van der Waals surface area contributed by atoms with Crippen molar-refractivity contribution in [3.63, 3.8) is 0 Å². The number of hydrogen-bond donors (Lipinski definition) is 2. The molecule has 2 N–H and O–H groups in total. The van der Waals surface area contributed by atoms with Gasteiger partial charge in [0.05, 0.1) is 23.1 Å². The van der Waals surface area contributed by atoms with Crippen LogP contribution in [0, 0.1) is 11.7 Å². The molecule has 0 spiro atoms. The van der Waals surface area contributed by atoms with Crippen LogP contribution in [0.5, 0.6) is 0 Å². The van der Waals surface area contributed by atoms with Gasteiger partial charge in [0.2, 0.25) is 11.8 Å². The minimum Gasteiger partial charge on any atom is -0.343 e. The summed E-state index contributed by atoms with van der Waals surface area (Å²) in [7, 11) is 0. The number of amides is 2. The Bertz CT molecular complexity index is 1720. The molecule has 1 aliphatic carbocycles. The average Bonchev–Trinajstić information content (AvgIpc) is 3.63. The first-order chi connectivity index (χ1) is 19.4. The number of hydrogen-bond acceptors (Lipinski definition) is 4. The molecule has 1 saturated carbocycles. The summed E-state index contributed by atoms with van der Waals surface area (Å²) in [5.41, 5.74) is 3.44. The zero-order valence-corrected chi connectivity index (χ0v) is 23.5. The number of aromatic amines is 2. The van der Waals surface area contributed by atoms with E-state index in [9.17, 15) is 18.8 Å². The number of piperidine rings is 1. The normalized spacial score (nSPS) is 19.9. The second-order valence-electron chi connectivity index (χ2n) is 11.4. The highest BCUT2D eigenvalue weighted by atomic mass is 79.9. The third-order valence-electron chi connectivity index (χ3n) is 8.87. The molecule has 7 rings (SSSR count). The van der Waals surface area contributed by atoms with Crippen LogP contribution in [0.25, 0.3) is 21.8 Å². The molecule has 2 fully saturated rings. The van der Waals surface area contributed by atoms with Crippen molar-refractivity contribution in [1.29, 1.82) is 0 Å². The van der Waals surface area contributed by atoms with E-state index in [1.54, 1.807) is 24.4 Å². The Hall–Kier alpha value is -3.53. The number of H-pyrrole nitrogens is 2. The smallest absolute Gasteiger partial charge is 0.251 e. The SMILES string of the molecule is O=C(CC1C(=O)N(CC2CC2)Cc2c1cc(Br)c1[nH]ncc21)N1CCC(c2cc3cccc(F)c3[nH]c2=O)CC1. The third kappa shape index (κ3) is 4.42. The van der Waals surface area contributed by atoms with Gasteiger partial charge >= 0.3 is 0 Å². The maximum absolute atomic E-state index is 14.1. The number of pyridine rings is 1. The number of carbonyl (C=O) groups excluding carboxylic acids is 2. The van der Waals surface area contributed by atoms with Gasteiger partial charge in [0, 0.05) is 53.4 Å². The number of carbonyl (C=O) groups is 2. The lowest BCUT2D eigenvalue weighted by molar-refractivity contribution is -0.140. The van der Waals surface area contributed by atoms with Gasteiger partial charge in [-0.15, -0.1) is 0 Å². The fourth-order valence-corrected chi connectivity index (χ4v) is 7.03. The monoisotopic (exact) mass is 605 g/mol. The van der Waals surface area contributed by atoms with Crippen LogP contribution >= 0.6 is 15.9 Å². The van der Waals surface area contributed by atoms with Crippen LogP contribution in [-0.2, 0) is 16.1 Å². The highest BCUT2D eigenvalue weighted by molar-refractivity contribution is 9.10. The largest absolute Gasteiger partial charge is 0.343 e. The molecule has 2 aromatic heterocycles. The van der Waals surface area contributed by atoms with E-state index in [2.05, 4.69) is 31.1 Å². The summed E-state index contributed by atoms with van der Waals surface area (Å²) in [6.07, 6.45) is 5.48. The van der Waals surface area contributed by atoms with Gasteiger partial charge in [-0.25, -0.2) is 4.39 Å². The predicted molar refractivity (Wildman–Crippen MR) is 152 cm³/mol. The van der Waals surface area contributed by atoms with Crippen LogP contribution in [-0.4, -0.2) is 56.4 Å². The number of nitrogens with one attached hydrogen (secondary N) is 2. The second kappa shape index (κ2) is 9.83. The van der Waals surface area contributed by atoms with E-state index >= 15 is 0 Å². The number of nitrogens with zero attached hydrogens (tertiary/aromatic N) is 3. The molecule has 1 unspecified atom stereocenters. The first-order valence-corrected chi connectivity index (χ1v) is 14.7. The van der Waals surface area contributed by atoms with Gasteiger partial charge < -0.3 is 14.8 Å². The van der Waals surface area contributed by atoms with Crippen LogP contribution in [0.2, 0.25) is 0 Å². The van der Waals surface area contributed by atoms with Crippen molar-refractivity contribution < 1.29 is 14.0 Å². The first-order valence-electron chi connectivity index (χ1n) is 13.9. The molecule has 4 heterocycles. The highest BCUT2D eigenvalue weighted by Crippen LogP contribution is 2.41. The lowest BCUT2D eigenvalue weighted by Crippen LogP contribution is -2.44. The maximum atomic E-state index is 14.1. The minimum atomic E-state index is -0.540. The fraction of sp³-hybridized carbons (Fsp3) is 0.400. The number of halogens is 2. The predicted octanol–water partition coefficient (Wildman–Crippen LogP) is 4.94. The summed E-state index contributed by atoms with van der Waals surface area (Å²) in [5, 5.41) is 8.92. The van der Waals surface area contributed by atoms with E-state index in [0.29, 0.717) is 49.3 Å². The summed E-state index contributed by atoms with van der Waals surface area (Å²) in [6.45, 7) is 2.28. The molecule has 40 heavy (non-hydrogen) atoms. The van der Waals surface area contributed by atoms with Crippen molar-refractivity contribution in [3.8, 4) is 0 Å². The summed E-state index contributed by atoms with van der Waals surface area (Å²) >= 11 is 3.62. The van der Waals surface area contributed by atoms with Crippen molar-refractivity contribution >= 4 is 49.6 Å². The highest BCUT2D eigenvalue weighted by Gasteiger charge is 2.39. The van der Waals surface area contributed by atoms with Crippen LogP contribution in [0.4, 0.5) is 4.39 Å². The second-order valence-corrected chi connectivity index (χ2v) is 12.3. The molecule has 0 radical (unpaired) electrons. The third-order valence-corrected chi connectivity index (χ3v) is 9.49. The fourth-order valence-electron chi connectivity index (χ4n) is 6.48. The zero-order chi connectivity index (χ0) is 27.5. The zero-order valence-electron chi connectivity index (χ0n) is 21.9. The lowest BCUT2D eigenvalue weighted by atomic mass is 9.84. The van der Waals surface area contributed by atoms with Crippen LogP contribution in [0.3, 0.4) is 0 Å². The van der Waals surface area contributed by atoms with Crippen molar-refractivity contribution in [2.24, 2.45) is 5.92 Å². The number of para-hydroxylation sites is 1. The summed E-state index contributed by atoms with van der Waals surface area (Å²) in [5.74, 6) is -0.484.